The van der Waals surface area contributed by atoms with E-state index in [0.29, 0.717) is 0 Å². The number of H-pyrrole nitrogens is 1. The molecule has 2 atom stereocenters. The van der Waals surface area contributed by atoms with Gasteiger partial charge >= 0.3 is 5.97 Å². The molecule has 6 nitrogen and oxygen atoms in total. The molecule has 0 aliphatic rings. The van der Waals surface area contributed by atoms with Crippen molar-refractivity contribution in [1.82, 2.24) is 15.3 Å². The number of amides is 1. The Labute approximate surface area is 126 Å². The first kappa shape index (κ1) is 15.4. The normalized spacial score (nSPS) is 13.8. The molecular weight excluding hydrogens is 290 g/mol. The molecule has 0 saturated heterocycles. The van der Waals surface area contributed by atoms with Crippen molar-refractivity contribution in [2.24, 2.45) is 0 Å². The molecule has 21 heavy (non-hydrogen) atoms. The Morgan fingerprint density at radius 3 is 2.76 bits per heavy atom. The van der Waals surface area contributed by atoms with Crippen LogP contribution in [0.4, 0.5) is 0 Å². The number of nitrogens with one attached hydrogen (secondary N) is 2. The number of carbonyl (C=O) groups is 2. The van der Waals surface area contributed by atoms with Crippen molar-refractivity contribution in [2.45, 2.75) is 25.1 Å². The minimum Gasteiger partial charge on any atom is -0.480 e. The van der Waals surface area contributed by atoms with Crippen LogP contribution in [-0.2, 0) is 9.59 Å². The van der Waals surface area contributed by atoms with Gasteiger partial charge in [-0.2, -0.15) is 0 Å². The van der Waals surface area contributed by atoms with Gasteiger partial charge in [0.05, 0.1) is 22.0 Å². The summed E-state index contributed by atoms with van der Waals surface area (Å²) >= 11 is 1.41. The van der Waals surface area contributed by atoms with Gasteiger partial charge in [0.15, 0.2) is 0 Å². The summed E-state index contributed by atoms with van der Waals surface area (Å²) in [6, 6.07) is 6.85. The van der Waals surface area contributed by atoms with E-state index in [1.54, 1.807) is 0 Å². The average Bonchev–Trinajstić information content (AvgIpc) is 2.88. The third-order valence-electron chi connectivity index (χ3n) is 3.01. The van der Waals surface area contributed by atoms with Crippen LogP contribution in [0.2, 0.25) is 0 Å². The predicted molar refractivity (Wildman–Crippen MR) is 82.2 cm³/mol. The zero-order valence-electron chi connectivity index (χ0n) is 11.8. The minimum absolute atomic E-state index is 0.0169. The number of para-hydroxylation sites is 2. The molecule has 2 unspecified atom stereocenters. The lowest BCUT2D eigenvalue weighted by atomic mass is 10.3. The molecule has 0 radical (unpaired) electrons. The summed E-state index contributed by atoms with van der Waals surface area (Å²) in [4.78, 5) is 30.0. The molecule has 1 aromatic heterocycles. The largest absolute Gasteiger partial charge is 0.480 e. The smallest absolute Gasteiger partial charge is 0.325 e. The summed E-state index contributed by atoms with van der Waals surface area (Å²) in [5, 5.41) is 11.2. The number of carboxylic acid groups (broad SMARTS) is 1. The van der Waals surface area contributed by atoms with E-state index in [1.807, 2.05) is 31.2 Å². The molecule has 0 aliphatic heterocycles. The van der Waals surface area contributed by atoms with E-state index in [0.717, 1.165) is 16.9 Å². The third kappa shape index (κ3) is 3.98. The van der Waals surface area contributed by atoms with Crippen LogP contribution in [0.5, 0.6) is 0 Å². The van der Waals surface area contributed by atoms with E-state index >= 15 is 0 Å². The van der Waals surface area contributed by atoms with Gasteiger partial charge in [-0.1, -0.05) is 12.1 Å². The van der Waals surface area contributed by atoms with Crippen molar-refractivity contribution in [1.29, 1.82) is 0 Å². The van der Waals surface area contributed by atoms with Gasteiger partial charge in [-0.3, -0.25) is 9.59 Å². The number of carboxylic acids is 1. The molecular formula is C14H17N3O3S. The van der Waals surface area contributed by atoms with Gasteiger partial charge in [0.1, 0.15) is 11.9 Å². The number of aliphatic carboxylic acids is 1. The Bertz CT molecular complexity index is 623. The van der Waals surface area contributed by atoms with E-state index < -0.39 is 12.0 Å². The molecule has 0 bridgehead atoms. The summed E-state index contributed by atoms with van der Waals surface area (Å²) in [5.41, 5.74) is 1.85. The standard InChI is InChI=1S/C14H17N3O3S/c1-8(14(19)20)15-12(18)7-21-9(2)13-16-10-5-3-4-6-11(10)17-13/h3-6,8-9H,7H2,1-2H3,(H,15,18)(H,16,17)(H,19,20). The number of thioether (sulfide) groups is 1. The Morgan fingerprint density at radius 2 is 2.10 bits per heavy atom. The zero-order valence-corrected chi connectivity index (χ0v) is 12.6. The van der Waals surface area contributed by atoms with Crippen LogP contribution in [0.1, 0.15) is 24.9 Å². The van der Waals surface area contributed by atoms with Gasteiger partial charge in [0, 0.05) is 0 Å². The van der Waals surface area contributed by atoms with Crippen LogP contribution in [0, 0.1) is 0 Å². The molecule has 2 aromatic rings. The van der Waals surface area contributed by atoms with E-state index in [2.05, 4.69) is 15.3 Å². The first-order valence-electron chi connectivity index (χ1n) is 6.56. The highest BCUT2D eigenvalue weighted by atomic mass is 32.2. The average molecular weight is 307 g/mol. The number of hydrogen-bond acceptors (Lipinski definition) is 4. The number of rotatable bonds is 6. The second-order valence-electron chi connectivity index (χ2n) is 4.72. The molecule has 0 saturated carbocycles. The van der Waals surface area contributed by atoms with E-state index in [9.17, 15) is 9.59 Å². The number of aromatic amines is 1. The topological polar surface area (TPSA) is 95.1 Å². The van der Waals surface area contributed by atoms with E-state index in [4.69, 9.17) is 5.11 Å². The predicted octanol–water partition coefficient (Wildman–Crippen LogP) is 1.95. The molecule has 0 spiro atoms. The summed E-state index contributed by atoms with van der Waals surface area (Å²) in [7, 11) is 0. The first-order valence-corrected chi connectivity index (χ1v) is 7.60. The van der Waals surface area contributed by atoms with Crippen molar-refractivity contribution in [3.63, 3.8) is 0 Å². The number of carbonyl (C=O) groups excluding carboxylic acids is 1. The van der Waals surface area contributed by atoms with Crippen LogP contribution in [0.3, 0.4) is 0 Å². The Hall–Kier alpha value is -2.02. The highest BCUT2D eigenvalue weighted by Gasteiger charge is 2.16. The maximum atomic E-state index is 11.6. The second-order valence-corrected chi connectivity index (χ2v) is 6.05. The molecule has 2 rings (SSSR count). The molecule has 0 fully saturated rings. The summed E-state index contributed by atoms with van der Waals surface area (Å²) in [6.07, 6.45) is 0. The van der Waals surface area contributed by atoms with E-state index in [1.165, 1.54) is 18.7 Å². The highest BCUT2D eigenvalue weighted by molar-refractivity contribution is 8.00. The van der Waals surface area contributed by atoms with Crippen molar-refractivity contribution in [3.8, 4) is 0 Å². The molecule has 1 aromatic carbocycles. The number of imidazole rings is 1. The lowest BCUT2D eigenvalue weighted by Crippen LogP contribution is -2.39. The zero-order chi connectivity index (χ0) is 15.4. The Balaban J connectivity index is 1.91. The first-order chi connectivity index (χ1) is 9.97. The number of benzene rings is 1. The van der Waals surface area contributed by atoms with Crippen LogP contribution in [-0.4, -0.2) is 38.7 Å². The number of hydrogen-bond donors (Lipinski definition) is 3. The fourth-order valence-corrected chi connectivity index (χ4v) is 2.54. The summed E-state index contributed by atoms with van der Waals surface area (Å²) < 4.78 is 0. The third-order valence-corrected chi connectivity index (χ3v) is 4.16. The summed E-state index contributed by atoms with van der Waals surface area (Å²) in [6.45, 7) is 3.39. The number of fused-ring (bicyclic) bond motifs is 1. The van der Waals surface area contributed by atoms with Crippen LogP contribution in [0.15, 0.2) is 24.3 Å². The van der Waals surface area contributed by atoms with Gasteiger partial charge in [0.2, 0.25) is 5.91 Å². The Morgan fingerprint density at radius 1 is 1.38 bits per heavy atom. The lowest BCUT2D eigenvalue weighted by molar-refractivity contribution is -0.140. The quantitative estimate of drug-likeness (QED) is 0.758. The maximum absolute atomic E-state index is 11.6. The van der Waals surface area contributed by atoms with Crippen molar-refractivity contribution >= 4 is 34.7 Å². The SMILES string of the molecule is CC(NC(=O)CSC(C)c1nc2ccccc2[nH]1)C(=O)O. The van der Waals surface area contributed by atoms with Crippen LogP contribution >= 0.6 is 11.8 Å². The second kappa shape index (κ2) is 6.62. The van der Waals surface area contributed by atoms with Gasteiger partial charge in [0.25, 0.3) is 0 Å². The fourth-order valence-electron chi connectivity index (χ4n) is 1.79. The molecule has 1 heterocycles. The molecule has 112 valence electrons. The van der Waals surface area contributed by atoms with Gasteiger partial charge in [-0.15, -0.1) is 11.8 Å². The van der Waals surface area contributed by atoms with Crippen molar-refractivity contribution in [3.05, 3.63) is 30.1 Å². The van der Waals surface area contributed by atoms with Gasteiger partial charge < -0.3 is 15.4 Å². The summed E-state index contributed by atoms with van der Waals surface area (Å²) in [5.74, 6) is -0.340. The maximum Gasteiger partial charge on any atom is 0.325 e. The lowest BCUT2D eigenvalue weighted by Gasteiger charge is -2.11. The van der Waals surface area contributed by atoms with E-state index in [-0.39, 0.29) is 16.9 Å². The monoisotopic (exact) mass is 307 g/mol. The van der Waals surface area contributed by atoms with Crippen LogP contribution in [0.25, 0.3) is 11.0 Å². The van der Waals surface area contributed by atoms with Gasteiger partial charge in [-0.25, -0.2) is 4.98 Å². The molecule has 0 aliphatic carbocycles. The Kier molecular flexibility index (Phi) is 4.85. The van der Waals surface area contributed by atoms with Crippen LogP contribution < -0.4 is 5.32 Å². The van der Waals surface area contributed by atoms with Crippen molar-refractivity contribution in [2.75, 3.05) is 5.75 Å². The fraction of sp³-hybridized carbons (Fsp3) is 0.357. The van der Waals surface area contributed by atoms with Crippen molar-refractivity contribution < 1.29 is 14.7 Å². The molecule has 1 amide bonds. The molecule has 7 heteroatoms. The minimum atomic E-state index is -1.04. The number of nitrogens with zero attached hydrogens (tertiary/aromatic N) is 1. The molecule has 3 N–H and O–H groups in total. The number of aromatic nitrogens is 2. The highest BCUT2D eigenvalue weighted by Crippen LogP contribution is 2.27. The van der Waals surface area contributed by atoms with Gasteiger partial charge in [-0.05, 0) is 26.0 Å².